The molecule has 0 saturated heterocycles. The van der Waals surface area contributed by atoms with Crippen molar-refractivity contribution in [2.24, 2.45) is 0 Å². The minimum absolute atomic E-state index is 0.0167. The molecule has 0 saturated carbocycles. The van der Waals surface area contributed by atoms with Crippen LogP contribution in [-0.2, 0) is 142 Å². The van der Waals surface area contributed by atoms with E-state index in [4.69, 9.17) is 147 Å². The highest BCUT2D eigenvalue weighted by molar-refractivity contribution is 4.45. The zero-order valence-corrected chi connectivity index (χ0v) is 57.5. The summed E-state index contributed by atoms with van der Waals surface area (Å²) in [5, 5.41) is 8.62. The molecule has 0 aromatic heterocycles. The zero-order valence-electron chi connectivity index (χ0n) is 57.5. The molecule has 0 aromatic rings. The standard InChI is InChI=1S/C63H128O31/c1-2-4-65-6-8-67-10-12-69-14-16-71-18-20-73-22-24-75-26-28-77-30-32-79-34-36-81-38-40-83-42-44-85-46-48-87-50-52-89-54-56-91-58-60-93-62-63-94-61-59-92-57-55-90-53-51-88-49-47-86-45-43-84-41-39-82-37-35-80-33-31-78-29-27-76-25-23-74-21-19-72-17-15-70-13-11-68-9-7-66-5-3-64/h64H,2-63H2,1H3. The molecule has 0 aliphatic rings. The average molecular weight is 1380 g/mol. The maximum absolute atomic E-state index is 8.62. The van der Waals surface area contributed by atoms with Crippen LogP contribution in [0.4, 0.5) is 0 Å². The van der Waals surface area contributed by atoms with Gasteiger partial charge in [0.1, 0.15) is 0 Å². The van der Waals surface area contributed by atoms with Crippen LogP contribution >= 0.6 is 0 Å². The Morgan fingerprint density at radius 2 is 0.170 bits per heavy atom. The molecule has 0 heterocycles. The molecule has 0 atom stereocenters. The van der Waals surface area contributed by atoms with Gasteiger partial charge in [-0.2, -0.15) is 0 Å². The van der Waals surface area contributed by atoms with Crippen LogP contribution in [0.2, 0.25) is 0 Å². The summed E-state index contributed by atoms with van der Waals surface area (Å²) in [7, 11) is 0. The van der Waals surface area contributed by atoms with Gasteiger partial charge in [0.25, 0.3) is 0 Å². The topological polar surface area (TPSA) is 297 Å². The first-order chi connectivity index (χ1) is 46.9. The summed E-state index contributed by atoms with van der Waals surface area (Å²) in [4.78, 5) is 0. The van der Waals surface area contributed by atoms with Gasteiger partial charge in [0, 0.05) is 6.61 Å². The van der Waals surface area contributed by atoms with Crippen LogP contribution in [-0.4, -0.2) is 408 Å². The van der Waals surface area contributed by atoms with Crippen molar-refractivity contribution in [3.8, 4) is 0 Å². The monoisotopic (exact) mass is 1380 g/mol. The predicted molar refractivity (Wildman–Crippen MR) is 342 cm³/mol. The van der Waals surface area contributed by atoms with E-state index in [1.807, 2.05) is 0 Å². The lowest BCUT2D eigenvalue weighted by Crippen LogP contribution is -2.16. The van der Waals surface area contributed by atoms with E-state index < -0.39 is 0 Å². The summed E-state index contributed by atoms with van der Waals surface area (Å²) in [5.74, 6) is 0. The van der Waals surface area contributed by atoms with E-state index in [9.17, 15) is 0 Å². The predicted octanol–water partition coefficient (Wildman–Crippen LogP) is 0.887. The summed E-state index contributed by atoms with van der Waals surface area (Å²) >= 11 is 0. The van der Waals surface area contributed by atoms with E-state index in [2.05, 4.69) is 6.92 Å². The van der Waals surface area contributed by atoms with Gasteiger partial charge in [-0.15, -0.1) is 0 Å². The normalized spacial score (nSPS) is 11.8. The summed E-state index contributed by atoms with van der Waals surface area (Å²) in [6.07, 6.45) is 1.02. The molecule has 94 heavy (non-hydrogen) atoms. The van der Waals surface area contributed by atoms with E-state index in [1.165, 1.54) is 0 Å². The first-order valence-corrected chi connectivity index (χ1v) is 33.8. The third-order valence-corrected chi connectivity index (χ3v) is 11.4. The van der Waals surface area contributed by atoms with Gasteiger partial charge in [-0.1, -0.05) is 6.92 Å². The fraction of sp³-hybridized carbons (Fsp3) is 1.00. The van der Waals surface area contributed by atoms with Crippen LogP contribution in [0, 0.1) is 0 Å². The lowest BCUT2D eigenvalue weighted by atomic mass is 10.5. The van der Waals surface area contributed by atoms with Gasteiger partial charge in [0.15, 0.2) is 0 Å². The molecule has 31 nitrogen and oxygen atoms in total. The molecule has 0 bridgehead atoms. The molecule has 0 radical (unpaired) electrons. The summed E-state index contributed by atoms with van der Waals surface area (Å²) in [6, 6.07) is 0. The lowest BCUT2D eigenvalue weighted by Gasteiger charge is -2.09. The zero-order chi connectivity index (χ0) is 67.1. The van der Waals surface area contributed by atoms with Crippen molar-refractivity contribution in [2.75, 3.05) is 403 Å². The fourth-order valence-electron chi connectivity index (χ4n) is 6.69. The molecular weight excluding hydrogens is 1250 g/mol. The van der Waals surface area contributed by atoms with Crippen LogP contribution in [0.1, 0.15) is 13.3 Å². The molecule has 0 aromatic carbocycles. The maximum atomic E-state index is 8.62. The summed E-state index contributed by atoms with van der Waals surface area (Å²) < 4.78 is 165. The van der Waals surface area contributed by atoms with Gasteiger partial charge in [0.2, 0.25) is 0 Å². The molecule has 1 N–H and O–H groups in total. The van der Waals surface area contributed by atoms with Gasteiger partial charge in [0.05, 0.1) is 396 Å². The van der Waals surface area contributed by atoms with E-state index in [-0.39, 0.29) is 6.61 Å². The van der Waals surface area contributed by atoms with Crippen molar-refractivity contribution in [3.63, 3.8) is 0 Å². The quantitative estimate of drug-likeness (QED) is 0.0827. The Balaban J connectivity index is 3.09. The highest BCUT2D eigenvalue weighted by Crippen LogP contribution is 1.93. The van der Waals surface area contributed by atoms with Gasteiger partial charge in [-0.3, -0.25) is 0 Å². The van der Waals surface area contributed by atoms with Crippen molar-refractivity contribution >= 4 is 0 Å². The molecule has 0 aliphatic carbocycles. The molecule has 0 unspecified atom stereocenters. The van der Waals surface area contributed by atoms with E-state index >= 15 is 0 Å². The van der Waals surface area contributed by atoms with E-state index in [0.717, 1.165) is 13.0 Å². The Morgan fingerprint density at radius 1 is 0.106 bits per heavy atom. The van der Waals surface area contributed by atoms with Crippen molar-refractivity contribution < 1.29 is 147 Å². The Kier molecular flexibility index (Phi) is 90.5. The molecule has 0 amide bonds. The van der Waals surface area contributed by atoms with Gasteiger partial charge >= 0.3 is 0 Å². The first-order valence-electron chi connectivity index (χ1n) is 33.8. The van der Waals surface area contributed by atoms with Gasteiger partial charge in [-0.25, -0.2) is 0 Å². The van der Waals surface area contributed by atoms with Crippen LogP contribution in [0.15, 0.2) is 0 Å². The molecule has 0 fully saturated rings. The van der Waals surface area contributed by atoms with Crippen LogP contribution < -0.4 is 0 Å². The van der Waals surface area contributed by atoms with E-state index in [0.29, 0.717) is 390 Å². The van der Waals surface area contributed by atoms with Crippen molar-refractivity contribution in [1.82, 2.24) is 0 Å². The number of ether oxygens (including phenoxy) is 30. The molecule has 0 rings (SSSR count). The SMILES string of the molecule is CCCOCCOCCOCCOCCOCCOCCOCCOCCOCCOCCOCCOCCOCCOCCOCCOCCOCCOCCOCCOCCOCCOCCOCCOCCOCCOCCOCCOCCOCCOCCO. The molecule has 31 heteroatoms. The van der Waals surface area contributed by atoms with Gasteiger partial charge < -0.3 is 147 Å². The highest BCUT2D eigenvalue weighted by Gasteiger charge is 2.02. The largest absolute Gasteiger partial charge is 0.394 e. The van der Waals surface area contributed by atoms with Crippen LogP contribution in [0.3, 0.4) is 0 Å². The number of aliphatic hydroxyl groups is 1. The van der Waals surface area contributed by atoms with Crippen molar-refractivity contribution in [2.45, 2.75) is 13.3 Å². The number of rotatable bonds is 91. The Labute approximate surface area is 562 Å². The third-order valence-electron chi connectivity index (χ3n) is 11.4. The smallest absolute Gasteiger partial charge is 0.0701 e. The molecule has 566 valence electrons. The number of hydrogen-bond donors (Lipinski definition) is 1. The summed E-state index contributed by atoms with van der Waals surface area (Å²) in [6.45, 7) is 31.8. The van der Waals surface area contributed by atoms with Gasteiger partial charge in [-0.05, 0) is 6.42 Å². The second kappa shape index (κ2) is 91.8. The Morgan fingerprint density at radius 3 is 0.234 bits per heavy atom. The number of aliphatic hydroxyl groups excluding tert-OH is 1. The third kappa shape index (κ3) is 90.8. The minimum atomic E-state index is 0.0167. The van der Waals surface area contributed by atoms with E-state index in [1.54, 1.807) is 0 Å². The van der Waals surface area contributed by atoms with Crippen molar-refractivity contribution in [1.29, 1.82) is 0 Å². The maximum Gasteiger partial charge on any atom is 0.0701 e. The highest BCUT2D eigenvalue weighted by atomic mass is 16.6. The van der Waals surface area contributed by atoms with Crippen LogP contribution in [0.25, 0.3) is 0 Å². The Hall–Kier alpha value is -1.24. The summed E-state index contributed by atoms with van der Waals surface area (Å²) in [5.41, 5.74) is 0. The molecule has 0 spiro atoms. The van der Waals surface area contributed by atoms with Crippen molar-refractivity contribution in [3.05, 3.63) is 0 Å². The number of hydrogen-bond acceptors (Lipinski definition) is 31. The average Bonchev–Trinajstić information content (AvgIpc) is 3.59. The lowest BCUT2D eigenvalue weighted by molar-refractivity contribution is -0.0325. The Bertz CT molecular complexity index is 1190. The minimum Gasteiger partial charge on any atom is -0.394 e. The second-order valence-corrected chi connectivity index (χ2v) is 19.1. The fourth-order valence-corrected chi connectivity index (χ4v) is 6.69. The first kappa shape index (κ1) is 92.8. The van der Waals surface area contributed by atoms with Crippen LogP contribution in [0.5, 0.6) is 0 Å². The molecule has 0 aliphatic heterocycles. The molecular formula is C63H128O31. The second-order valence-electron chi connectivity index (χ2n) is 19.1.